The number of aromatic nitrogens is 2. The Bertz CT molecular complexity index is 1130. The maximum absolute atomic E-state index is 13.1. The normalized spacial score (nSPS) is 17.6. The van der Waals surface area contributed by atoms with Crippen LogP contribution in [0.25, 0.3) is 10.6 Å². The number of carboxylic acid groups (broad SMARTS) is 1. The molecule has 0 spiro atoms. The molecule has 1 aliphatic carbocycles. The third kappa shape index (κ3) is 6.77. The quantitative estimate of drug-likeness (QED) is 0.366. The Morgan fingerprint density at radius 3 is 2.50 bits per heavy atom. The molecule has 2 unspecified atom stereocenters. The van der Waals surface area contributed by atoms with Crippen LogP contribution in [0.2, 0.25) is 0 Å². The van der Waals surface area contributed by atoms with E-state index in [0.717, 1.165) is 60.2 Å². The molecule has 0 aliphatic heterocycles. The number of benzene rings is 2. The number of nitrogens with one attached hydrogen (secondary N) is 1. The molecular formula is C28H34N4O3S. The molecule has 3 aromatic rings. The number of rotatable bonds is 11. The minimum Gasteiger partial charge on any atom is -0.481 e. The largest absolute Gasteiger partial charge is 0.481 e. The Kier molecular flexibility index (Phi) is 9.19. The summed E-state index contributed by atoms with van der Waals surface area (Å²) in [5.74, 6) is -0.982. The van der Waals surface area contributed by atoms with Gasteiger partial charge in [-0.1, -0.05) is 92.1 Å². The van der Waals surface area contributed by atoms with Crippen molar-refractivity contribution < 1.29 is 14.7 Å². The van der Waals surface area contributed by atoms with Crippen molar-refractivity contribution in [2.24, 2.45) is 5.92 Å². The first-order valence-electron chi connectivity index (χ1n) is 12.8. The summed E-state index contributed by atoms with van der Waals surface area (Å²) < 4.78 is 0. The number of hydrogen-bond acceptors (Lipinski definition) is 6. The molecule has 1 amide bonds. The minimum absolute atomic E-state index is 0.0178. The lowest BCUT2D eigenvalue weighted by Crippen LogP contribution is -2.41. The summed E-state index contributed by atoms with van der Waals surface area (Å²) in [6, 6.07) is 17.9. The first-order chi connectivity index (χ1) is 17.5. The lowest BCUT2D eigenvalue weighted by Gasteiger charge is -2.29. The van der Waals surface area contributed by atoms with Crippen LogP contribution in [0.3, 0.4) is 0 Å². The molecule has 2 N–H and O–H groups in total. The predicted molar refractivity (Wildman–Crippen MR) is 143 cm³/mol. The highest BCUT2D eigenvalue weighted by Gasteiger charge is 2.30. The molecule has 1 heterocycles. The molecule has 4 rings (SSSR count). The molecule has 0 bridgehead atoms. The van der Waals surface area contributed by atoms with Gasteiger partial charge in [0.05, 0.1) is 12.3 Å². The lowest BCUT2D eigenvalue weighted by atomic mass is 9.84. The molecule has 190 valence electrons. The molecule has 1 aromatic heterocycles. The van der Waals surface area contributed by atoms with Gasteiger partial charge in [0, 0.05) is 24.7 Å². The maximum Gasteiger partial charge on any atom is 0.308 e. The fraction of sp³-hybridized carbons (Fsp3) is 0.429. The third-order valence-corrected chi connectivity index (χ3v) is 7.73. The number of unbranched alkanes of at least 4 members (excludes halogenated alkanes) is 1. The average molecular weight is 507 g/mol. The van der Waals surface area contributed by atoms with Gasteiger partial charge >= 0.3 is 5.97 Å². The van der Waals surface area contributed by atoms with Crippen molar-refractivity contribution in [3.63, 3.8) is 0 Å². The molecule has 2 atom stereocenters. The van der Waals surface area contributed by atoms with Crippen molar-refractivity contribution in [1.82, 2.24) is 15.5 Å². The van der Waals surface area contributed by atoms with Gasteiger partial charge in [0.15, 0.2) is 0 Å². The molecule has 0 radical (unpaired) electrons. The van der Waals surface area contributed by atoms with Crippen LogP contribution in [-0.2, 0) is 22.6 Å². The fourth-order valence-electron chi connectivity index (χ4n) is 4.64. The van der Waals surface area contributed by atoms with Crippen LogP contribution in [-0.4, -0.2) is 39.8 Å². The number of carbonyl (C=O) groups excluding carboxylic acids is 1. The van der Waals surface area contributed by atoms with E-state index >= 15 is 0 Å². The summed E-state index contributed by atoms with van der Waals surface area (Å²) in [7, 11) is 0. The SMILES string of the molecule is CCCCN(C(=O)Cc1ccccc1)c1nnc(-c2ccc(CNC3CCCCC3C(=O)O)cc2)s1. The Morgan fingerprint density at radius 2 is 1.78 bits per heavy atom. The summed E-state index contributed by atoms with van der Waals surface area (Å²) in [4.78, 5) is 26.4. The number of carbonyl (C=O) groups is 2. The molecule has 1 saturated carbocycles. The zero-order valence-corrected chi connectivity index (χ0v) is 21.5. The summed E-state index contributed by atoms with van der Waals surface area (Å²) in [6.07, 6.45) is 5.94. The van der Waals surface area contributed by atoms with E-state index in [-0.39, 0.29) is 17.9 Å². The Labute approximate surface area is 216 Å². The van der Waals surface area contributed by atoms with E-state index in [0.29, 0.717) is 24.6 Å². The second kappa shape index (κ2) is 12.7. The van der Waals surface area contributed by atoms with Gasteiger partial charge in [-0.05, 0) is 30.4 Å². The highest BCUT2D eigenvalue weighted by molar-refractivity contribution is 7.18. The van der Waals surface area contributed by atoms with Crippen LogP contribution in [0.5, 0.6) is 0 Å². The van der Waals surface area contributed by atoms with E-state index in [1.54, 1.807) is 4.90 Å². The van der Waals surface area contributed by atoms with Crippen molar-refractivity contribution >= 4 is 28.3 Å². The molecule has 2 aromatic carbocycles. The number of amides is 1. The molecule has 1 aliphatic rings. The van der Waals surface area contributed by atoms with Gasteiger partial charge in [0.25, 0.3) is 0 Å². The van der Waals surface area contributed by atoms with Gasteiger partial charge in [0.1, 0.15) is 5.01 Å². The van der Waals surface area contributed by atoms with Crippen molar-refractivity contribution in [3.05, 3.63) is 65.7 Å². The smallest absolute Gasteiger partial charge is 0.308 e. The summed E-state index contributed by atoms with van der Waals surface area (Å²) in [6.45, 7) is 3.37. The molecule has 8 heteroatoms. The lowest BCUT2D eigenvalue weighted by molar-refractivity contribution is -0.143. The number of carboxylic acids is 1. The standard InChI is InChI=1S/C28H34N4O3S/c1-2-3-17-32(25(33)18-20-9-5-4-6-10-20)28-31-30-26(36-28)22-15-13-21(14-16-22)19-29-24-12-8-7-11-23(24)27(34)35/h4-6,9-10,13-16,23-24,29H,2-3,7-8,11-12,17-19H2,1H3,(H,34,35). The van der Waals surface area contributed by atoms with E-state index in [2.05, 4.69) is 22.4 Å². The van der Waals surface area contributed by atoms with Gasteiger partial charge < -0.3 is 10.4 Å². The van der Waals surface area contributed by atoms with E-state index in [4.69, 9.17) is 0 Å². The van der Waals surface area contributed by atoms with Gasteiger partial charge in [-0.25, -0.2) is 0 Å². The van der Waals surface area contributed by atoms with Gasteiger partial charge in [-0.3, -0.25) is 14.5 Å². The van der Waals surface area contributed by atoms with Crippen molar-refractivity contribution in [1.29, 1.82) is 0 Å². The maximum atomic E-state index is 13.1. The minimum atomic E-state index is -0.704. The van der Waals surface area contributed by atoms with Crippen LogP contribution >= 0.6 is 11.3 Å². The Morgan fingerprint density at radius 1 is 1.03 bits per heavy atom. The molecule has 1 fully saturated rings. The first kappa shape index (κ1) is 26.0. The van der Waals surface area contributed by atoms with Crippen LogP contribution in [0.4, 0.5) is 5.13 Å². The van der Waals surface area contributed by atoms with E-state index in [1.165, 1.54) is 11.3 Å². The summed E-state index contributed by atoms with van der Waals surface area (Å²) in [5.41, 5.74) is 3.04. The highest BCUT2D eigenvalue weighted by Crippen LogP contribution is 2.30. The molecule has 0 saturated heterocycles. The Hall–Kier alpha value is -3.10. The Balaban J connectivity index is 1.41. The first-order valence-corrected chi connectivity index (χ1v) is 13.6. The fourth-order valence-corrected chi connectivity index (χ4v) is 5.53. The van der Waals surface area contributed by atoms with Crippen molar-refractivity contribution in [3.8, 4) is 10.6 Å². The van der Waals surface area contributed by atoms with E-state index < -0.39 is 5.97 Å². The zero-order chi connectivity index (χ0) is 25.3. The third-order valence-electron chi connectivity index (χ3n) is 6.73. The molecule has 36 heavy (non-hydrogen) atoms. The summed E-state index contributed by atoms with van der Waals surface area (Å²) >= 11 is 1.43. The second-order valence-corrected chi connectivity index (χ2v) is 10.3. The van der Waals surface area contributed by atoms with Gasteiger partial charge in [-0.2, -0.15) is 0 Å². The monoisotopic (exact) mass is 506 g/mol. The number of hydrogen-bond donors (Lipinski definition) is 2. The molecule has 7 nitrogen and oxygen atoms in total. The average Bonchev–Trinajstić information content (AvgIpc) is 3.38. The van der Waals surface area contributed by atoms with Crippen molar-refractivity contribution in [2.75, 3.05) is 11.4 Å². The van der Waals surface area contributed by atoms with E-state index in [9.17, 15) is 14.7 Å². The molecular weight excluding hydrogens is 472 g/mol. The van der Waals surface area contributed by atoms with Crippen molar-refractivity contribution in [2.45, 2.75) is 64.5 Å². The number of aliphatic carboxylic acids is 1. The number of nitrogens with zero attached hydrogens (tertiary/aromatic N) is 3. The van der Waals surface area contributed by atoms with Gasteiger partial charge in [0.2, 0.25) is 11.0 Å². The highest BCUT2D eigenvalue weighted by atomic mass is 32.1. The van der Waals surface area contributed by atoms with Crippen LogP contribution in [0, 0.1) is 5.92 Å². The van der Waals surface area contributed by atoms with Crippen LogP contribution < -0.4 is 10.2 Å². The second-order valence-electron chi connectivity index (χ2n) is 9.36. The topological polar surface area (TPSA) is 95.4 Å². The van der Waals surface area contributed by atoms with Gasteiger partial charge in [-0.15, -0.1) is 10.2 Å². The predicted octanol–water partition coefficient (Wildman–Crippen LogP) is 5.31. The zero-order valence-electron chi connectivity index (χ0n) is 20.7. The van der Waals surface area contributed by atoms with E-state index in [1.807, 2.05) is 54.6 Å². The number of anilines is 1. The summed E-state index contributed by atoms with van der Waals surface area (Å²) in [5, 5.41) is 23.1. The van der Waals surface area contributed by atoms with Crippen LogP contribution in [0.15, 0.2) is 54.6 Å². The van der Waals surface area contributed by atoms with Crippen LogP contribution in [0.1, 0.15) is 56.6 Å².